The number of oxime groups is 1. The topological polar surface area (TPSA) is 70.6 Å². The average Bonchev–Trinajstić information content (AvgIpc) is 2.43. The van der Waals surface area contributed by atoms with E-state index >= 15 is 0 Å². The van der Waals surface area contributed by atoms with Gasteiger partial charge in [-0.25, -0.2) is 4.39 Å². The van der Waals surface area contributed by atoms with Crippen LogP contribution in [-0.2, 0) is 6.54 Å². The van der Waals surface area contributed by atoms with Crippen LogP contribution in [0.1, 0.15) is 24.5 Å². The van der Waals surface area contributed by atoms with E-state index in [1.807, 2.05) is 11.8 Å². The van der Waals surface area contributed by atoms with E-state index in [0.717, 1.165) is 18.5 Å². The van der Waals surface area contributed by atoms with Crippen molar-refractivity contribution < 1.29 is 9.60 Å². The van der Waals surface area contributed by atoms with Crippen LogP contribution in [-0.4, -0.2) is 29.1 Å². The highest BCUT2D eigenvalue weighted by Gasteiger charge is 2.08. The van der Waals surface area contributed by atoms with Crippen molar-refractivity contribution in [3.8, 4) is 0 Å². The molecular formula is C13H20FN3OS. The molecule has 0 aliphatic rings. The van der Waals surface area contributed by atoms with E-state index in [-0.39, 0.29) is 5.84 Å². The van der Waals surface area contributed by atoms with E-state index in [4.69, 9.17) is 10.9 Å². The number of halogens is 1. The summed E-state index contributed by atoms with van der Waals surface area (Å²) in [5.74, 6) is -0.477. The van der Waals surface area contributed by atoms with Crippen molar-refractivity contribution in [1.29, 1.82) is 0 Å². The zero-order chi connectivity index (χ0) is 14.3. The quantitative estimate of drug-likeness (QED) is 0.236. The zero-order valence-corrected chi connectivity index (χ0v) is 12.0. The number of hydrogen-bond acceptors (Lipinski definition) is 4. The molecule has 0 saturated heterocycles. The average molecular weight is 285 g/mol. The lowest BCUT2D eigenvalue weighted by atomic mass is 10.1. The van der Waals surface area contributed by atoms with Crippen molar-refractivity contribution in [3.63, 3.8) is 0 Å². The van der Waals surface area contributed by atoms with Crippen LogP contribution in [0.3, 0.4) is 0 Å². The fraction of sp³-hybridized carbons (Fsp3) is 0.462. The molecule has 0 radical (unpaired) electrons. The molecule has 0 bridgehead atoms. The fourth-order valence-corrected chi connectivity index (χ4v) is 1.99. The molecule has 19 heavy (non-hydrogen) atoms. The molecule has 1 unspecified atom stereocenters. The Hall–Kier alpha value is -1.27. The standard InChI is InChI=1S/C13H20FN3OS/c1-9(19-2)5-6-16-8-10-3-4-11(14)7-12(10)13(15)17-18/h3-4,7,9,16,18H,5-6,8H2,1-2H3,(H2,15,17). The number of benzene rings is 1. The molecule has 0 saturated carbocycles. The number of nitrogens with two attached hydrogens (primary N) is 1. The normalized spacial score (nSPS) is 13.5. The maximum absolute atomic E-state index is 13.2. The molecule has 0 aromatic heterocycles. The van der Waals surface area contributed by atoms with Gasteiger partial charge in [0, 0.05) is 17.4 Å². The second-order valence-electron chi connectivity index (χ2n) is 4.30. The monoisotopic (exact) mass is 285 g/mol. The van der Waals surface area contributed by atoms with Crippen LogP contribution < -0.4 is 11.1 Å². The fourth-order valence-electron chi connectivity index (χ4n) is 1.64. The van der Waals surface area contributed by atoms with E-state index in [9.17, 15) is 4.39 Å². The first kappa shape index (κ1) is 15.8. The summed E-state index contributed by atoms with van der Waals surface area (Å²) in [4.78, 5) is 0. The Balaban J connectivity index is 2.63. The first-order chi connectivity index (χ1) is 9.08. The number of rotatable bonds is 7. The Labute approximate surface area is 117 Å². The van der Waals surface area contributed by atoms with Gasteiger partial charge in [-0.15, -0.1) is 0 Å². The van der Waals surface area contributed by atoms with Crippen molar-refractivity contribution in [2.45, 2.75) is 25.1 Å². The van der Waals surface area contributed by atoms with Crippen molar-refractivity contribution >= 4 is 17.6 Å². The van der Waals surface area contributed by atoms with Gasteiger partial charge in [0.2, 0.25) is 0 Å². The third-order valence-electron chi connectivity index (χ3n) is 2.90. The molecule has 6 heteroatoms. The van der Waals surface area contributed by atoms with Crippen molar-refractivity contribution in [3.05, 3.63) is 35.1 Å². The largest absolute Gasteiger partial charge is 0.409 e. The molecule has 1 aromatic carbocycles. The van der Waals surface area contributed by atoms with E-state index in [2.05, 4.69) is 23.7 Å². The van der Waals surface area contributed by atoms with Gasteiger partial charge < -0.3 is 16.3 Å². The van der Waals surface area contributed by atoms with Gasteiger partial charge in [0.25, 0.3) is 0 Å². The van der Waals surface area contributed by atoms with Crippen LogP contribution in [0.25, 0.3) is 0 Å². The number of amidine groups is 1. The lowest BCUT2D eigenvalue weighted by Gasteiger charge is -2.11. The van der Waals surface area contributed by atoms with Crippen molar-refractivity contribution in [2.24, 2.45) is 10.9 Å². The Kier molecular flexibility index (Phi) is 6.66. The third kappa shape index (κ3) is 5.08. The third-order valence-corrected chi connectivity index (χ3v) is 3.94. The minimum atomic E-state index is -0.402. The minimum Gasteiger partial charge on any atom is -0.409 e. The Morgan fingerprint density at radius 3 is 2.95 bits per heavy atom. The van der Waals surface area contributed by atoms with Crippen LogP contribution in [0.2, 0.25) is 0 Å². The van der Waals surface area contributed by atoms with Gasteiger partial charge in [0.1, 0.15) is 5.82 Å². The minimum absolute atomic E-state index is 0.0752. The van der Waals surface area contributed by atoms with E-state index in [0.29, 0.717) is 17.4 Å². The molecule has 106 valence electrons. The molecule has 4 N–H and O–H groups in total. The smallest absolute Gasteiger partial charge is 0.170 e. The SMILES string of the molecule is CSC(C)CCNCc1ccc(F)cc1/C(N)=N/O. The molecule has 4 nitrogen and oxygen atoms in total. The van der Waals surface area contributed by atoms with Crippen LogP contribution >= 0.6 is 11.8 Å². The lowest BCUT2D eigenvalue weighted by Crippen LogP contribution is -2.22. The number of thioether (sulfide) groups is 1. The van der Waals surface area contributed by atoms with Gasteiger partial charge in [-0.1, -0.05) is 18.1 Å². The molecule has 0 aliphatic carbocycles. The van der Waals surface area contributed by atoms with Crippen molar-refractivity contribution in [1.82, 2.24) is 5.32 Å². The maximum atomic E-state index is 13.2. The summed E-state index contributed by atoms with van der Waals surface area (Å²) in [6, 6.07) is 4.29. The predicted molar refractivity (Wildman–Crippen MR) is 78.2 cm³/mol. The highest BCUT2D eigenvalue weighted by Crippen LogP contribution is 2.12. The summed E-state index contributed by atoms with van der Waals surface area (Å²) in [6.07, 6.45) is 3.14. The highest BCUT2D eigenvalue weighted by atomic mass is 32.2. The van der Waals surface area contributed by atoms with Crippen LogP contribution in [0.15, 0.2) is 23.4 Å². The number of nitrogens with zero attached hydrogens (tertiary/aromatic N) is 1. The van der Waals surface area contributed by atoms with Gasteiger partial charge in [-0.2, -0.15) is 11.8 Å². The summed E-state index contributed by atoms with van der Waals surface area (Å²) in [7, 11) is 0. The molecule has 1 atom stereocenters. The van der Waals surface area contributed by atoms with Gasteiger partial charge in [-0.05, 0) is 36.9 Å². The number of nitrogens with one attached hydrogen (secondary N) is 1. The van der Waals surface area contributed by atoms with Crippen LogP contribution in [0.5, 0.6) is 0 Å². The van der Waals surface area contributed by atoms with E-state index < -0.39 is 5.82 Å². The molecule has 0 fully saturated rings. The van der Waals surface area contributed by atoms with E-state index in [1.165, 1.54) is 12.1 Å². The summed E-state index contributed by atoms with van der Waals surface area (Å²) >= 11 is 1.82. The predicted octanol–water partition coefficient (Wildman–Crippen LogP) is 2.15. The second-order valence-corrected chi connectivity index (χ2v) is 5.57. The summed E-state index contributed by atoms with van der Waals surface area (Å²) in [6.45, 7) is 3.61. The summed E-state index contributed by atoms with van der Waals surface area (Å²) in [5.41, 5.74) is 6.78. The zero-order valence-electron chi connectivity index (χ0n) is 11.2. The second kappa shape index (κ2) is 8.01. The van der Waals surface area contributed by atoms with Gasteiger partial charge in [-0.3, -0.25) is 0 Å². The highest BCUT2D eigenvalue weighted by molar-refractivity contribution is 7.99. The molecular weight excluding hydrogens is 265 g/mol. The maximum Gasteiger partial charge on any atom is 0.170 e. The Morgan fingerprint density at radius 2 is 2.32 bits per heavy atom. The molecule has 0 amide bonds. The first-order valence-electron chi connectivity index (χ1n) is 6.08. The Bertz CT molecular complexity index is 440. The summed E-state index contributed by atoms with van der Waals surface area (Å²) in [5, 5.41) is 15.5. The number of hydrogen-bond donors (Lipinski definition) is 3. The molecule has 0 aliphatic heterocycles. The molecule has 0 heterocycles. The lowest BCUT2D eigenvalue weighted by molar-refractivity contribution is 0.318. The van der Waals surface area contributed by atoms with E-state index in [1.54, 1.807) is 6.07 Å². The Morgan fingerprint density at radius 1 is 1.58 bits per heavy atom. The molecule has 1 rings (SSSR count). The van der Waals surface area contributed by atoms with Crippen LogP contribution in [0.4, 0.5) is 4.39 Å². The first-order valence-corrected chi connectivity index (χ1v) is 7.37. The van der Waals surface area contributed by atoms with Gasteiger partial charge >= 0.3 is 0 Å². The van der Waals surface area contributed by atoms with Gasteiger partial charge in [0.05, 0.1) is 0 Å². The molecule has 1 aromatic rings. The molecule has 0 spiro atoms. The van der Waals surface area contributed by atoms with Crippen molar-refractivity contribution in [2.75, 3.05) is 12.8 Å². The van der Waals surface area contributed by atoms with Gasteiger partial charge in [0.15, 0.2) is 5.84 Å². The summed E-state index contributed by atoms with van der Waals surface area (Å²) < 4.78 is 13.2. The van der Waals surface area contributed by atoms with Crippen LogP contribution in [0, 0.1) is 5.82 Å².